The lowest BCUT2D eigenvalue weighted by Crippen LogP contribution is -2.00. The number of ether oxygens (including phenoxy) is 1. The van der Waals surface area contributed by atoms with E-state index >= 15 is 0 Å². The predicted molar refractivity (Wildman–Crippen MR) is 96.2 cm³/mol. The molecule has 0 radical (unpaired) electrons. The lowest BCUT2D eigenvalue weighted by atomic mass is 10.0. The van der Waals surface area contributed by atoms with E-state index in [2.05, 4.69) is 6.92 Å². The number of hydrogen-bond acceptors (Lipinski definition) is 2. The molecule has 0 unspecified atom stereocenters. The lowest BCUT2D eigenvalue weighted by molar-refractivity contribution is -0.141. The van der Waals surface area contributed by atoms with Crippen LogP contribution in [0.3, 0.4) is 0 Å². The molecule has 0 aromatic rings. The fraction of sp³-hybridized carbons (Fsp3) is 0.950. The molecule has 0 fully saturated rings. The number of carbonyl (C=O) groups excluding carboxylic acids is 1. The van der Waals surface area contributed by atoms with Gasteiger partial charge in [0.05, 0.1) is 6.61 Å². The minimum absolute atomic E-state index is 0.152. The van der Waals surface area contributed by atoms with Crippen molar-refractivity contribution < 1.29 is 9.53 Å². The highest BCUT2D eigenvalue weighted by Gasteiger charge is 1.95. The van der Waals surface area contributed by atoms with Crippen molar-refractivity contribution in [2.75, 3.05) is 6.61 Å². The molecule has 2 nitrogen and oxygen atoms in total. The average Bonchev–Trinajstić information content (AvgIpc) is 2.50. The van der Waals surface area contributed by atoms with Crippen molar-refractivity contribution in [1.82, 2.24) is 0 Å². The molecule has 0 aliphatic carbocycles. The molecule has 0 N–H and O–H groups in total. The van der Waals surface area contributed by atoms with Crippen LogP contribution in [0.25, 0.3) is 0 Å². The number of esters is 1. The van der Waals surface area contributed by atoms with Crippen LogP contribution in [0.5, 0.6) is 0 Å². The van der Waals surface area contributed by atoms with Gasteiger partial charge in [-0.05, 0) is 6.42 Å². The quantitative estimate of drug-likeness (QED) is 0.218. The Labute approximate surface area is 139 Å². The van der Waals surface area contributed by atoms with Crippen molar-refractivity contribution in [3.63, 3.8) is 0 Å². The third-order valence-electron chi connectivity index (χ3n) is 4.30. The van der Waals surface area contributed by atoms with Gasteiger partial charge in [-0.15, -0.1) is 0 Å². The Hall–Kier alpha value is -0.530. The van der Waals surface area contributed by atoms with Crippen LogP contribution in [0.15, 0.2) is 0 Å². The van der Waals surface area contributed by atoms with Crippen molar-refractivity contribution >= 4 is 5.97 Å². The Morgan fingerprint density at radius 3 is 1.23 bits per heavy atom. The highest BCUT2D eigenvalue weighted by molar-refractivity contribution is 5.65. The second-order valence-corrected chi connectivity index (χ2v) is 6.64. The van der Waals surface area contributed by atoms with Crippen molar-refractivity contribution in [1.29, 1.82) is 0 Å². The first-order chi connectivity index (χ1) is 10.8. The molecule has 0 amide bonds. The predicted octanol–water partition coefficient (Wildman–Crippen LogP) is 6.81. The van der Waals surface area contributed by atoms with Gasteiger partial charge >= 0.3 is 5.97 Å². The minimum atomic E-state index is -0.152. The van der Waals surface area contributed by atoms with E-state index in [0.29, 0.717) is 6.61 Å². The molecule has 0 aromatic heterocycles. The van der Waals surface area contributed by atoms with Gasteiger partial charge in [0.25, 0.3) is 0 Å². The van der Waals surface area contributed by atoms with E-state index in [4.69, 9.17) is 4.74 Å². The van der Waals surface area contributed by atoms with Crippen molar-refractivity contribution in [3.05, 3.63) is 0 Å². The summed E-state index contributed by atoms with van der Waals surface area (Å²) in [6.07, 6.45) is 22.0. The number of hydrogen-bond donors (Lipinski definition) is 0. The summed E-state index contributed by atoms with van der Waals surface area (Å²) < 4.78 is 4.92. The molecular formula is C20H40O2. The summed E-state index contributed by atoms with van der Waals surface area (Å²) in [4.78, 5) is 10.6. The van der Waals surface area contributed by atoms with Gasteiger partial charge in [-0.3, -0.25) is 4.79 Å². The summed E-state index contributed by atoms with van der Waals surface area (Å²) >= 11 is 0. The van der Waals surface area contributed by atoms with Gasteiger partial charge in [0.1, 0.15) is 0 Å². The largest absolute Gasteiger partial charge is 0.466 e. The molecule has 0 aliphatic rings. The van der Waals surface area contributed by atoms with Crippen LogP contribution in [-0.2, 0) is 9.53 Å². The van der Waals surface area contributed by atoms with Crippen LogP contribution < -0.4 is 0 Å². The third-order valence-corrected chi connectivity index (χ3v) is 4.30. The molecule has 0 atom stereocenters. The van der Waals surface area contributed by atoms with Crippen LogP contribution in [-0.4, -0.2) is 12.6 Å². The average molecular weight is 313 g/mol. The second kappa shape index (κ2) is 18.5. The fourth-order valence-corrected chi connectivity index (χ4v) is 2.87. The monoisotopic (exact) mass is 312 g/mol. The van der Waals surface area contributed by atoms with Gasteiger partial charge < -0.3 is 4.74 Å². The maximum absolute atomic E-state index is 10.6. The molecule has 2 heteroatoms. The maximum Gasteiger partial charge on any atom is 0.302 e. The summed E-state index contributed by atoms with van der Waals surface area (Å²) in [5.74, 6) is -0.152. The van der Waals surface area contributed by atoms with Gasteiger partial charge in [0, 0.05) is 6.92 Å². The van der Waals surface area contributed by atoms with Crippen LogP contribution in [0.2, 0.25) is 0 Å². The molecule has 0 saturated carbocycles. The third kappa shape index (κ3) is 19.5. The van der Waals surface area contributed by atoms with Gasteiger partial charge in [0.2, 0.25) is 0 Å². The molecule has 0 bridgehead atoms. The Morgan fingerprint density at radius 2 is 0.909 bits per heavy atom. The molecule has 22 heavy (non-hydrogen) atoms. The Morgan fingerprint density at radius 1 is 0.591 bits per heavy atom. The van der Waals surface area contributed by atoms with Crippen LogP contribution in [0, 0.1) is 0 Å². The van der Waals surface area contributed by atoms with E-state index in [9.17, 15) is 4.79 Å². The van der Waals surface area contributed by atoms with E-state index in [1.54, 1.807) is 0 Å². The Balaban J connectivity index is 2.95. The smallest absolute Gasteiger partial charge is 0.302 e. The summed E-state index contributed by atoms with van der Waals surface area (Å²) in [5, 5.41) is 0. The van der Waals surface area contributed by atoms with E-state index < -0.39 is 0 Å². The zero-order chi connectivity index (χ0) is 16.3. The maximum atomic E-state index is 10.6. The number of rotatable bonds is 17. The van der Waals surface area contributed by atoms with E-state index in [1.165, 1.54) is 103 Å². The summed E-state index contributed by atoms with van der Waals surface area (Å²) in [6.45, 7) is 4.36. The zero-order valence-corrected chi connectivity index (χ0v) is 15.3. The van der Waals surface area contributed by atoms with Crippen LogP contribution in [0.4, 0.5) is 0 Å². The van der Waals surface area contributed by atoms with Gasteiger partial charge in [0.15, 0.2) is 0 Å². The molecule has 0 rings (SSSR count). The summed E-state index contributed by atoms with van der Waals surface area (Å²) in [7, 11) is 0. The van der Waals surface area contributed by atoms with E-state index in [-0.39, 0.29) is 5.97 Å². The Kier molecular flexibility index (Phi) is 18.1. The van der Waals surface area contributed by atoms with E-state index in [0.717, 1.165) is 6.42 Å². The summed E-state index contributed by atoms with van der Waals surface area (Å²) in [5.41, 5.74) is 0. The SMILES string of the molecule is CCCCCCCCCCCCCCCCCCOC(C)=O. The molecule has 132 valence electrons. The first-order valence-electron chi connectivity index (χ1n) is 9.90. The molecule has 0 aromatic carbocycles. The standard InChI is InChI=1S/C20H40O2/c1-3-4-5-6-7-8-9-10-11-12-13-14-15-16-17-18-19-22-20(2)21/h3-19H2,1-2H3. The first kappa shape index (κ1) is 21.5. The molecule has 0 heterocycles. The van der Waals surface area contributed by atoms with Gasteiger partial charge in [-0.25, -0.2) is 0 Å². The van der Waals surface area contributed by atoms with Gasteiger partial charge in [-0.2, -0.15) is 0 Å². The van der Waals surface area contributed by atoms with Crippen LogP contribution in [0.1, 0.15) is 117 Å². The number of carbonyl (C=O) groups is 1. The molecule has 0 aliphatic heterocycles. The first-order valence-corrected chi connectivity index (χ1v) is 9.90. The lowest BCUT2D eigenvalue weighted by Gasteiger charge is -2.04. The summed E-state index contributed by atoms with van der Waals surface area (Å²) in [6, 6.07) is 0. The van der Waals surface area contributed by atoms with Crippen molar-refractivity contribution in [2.24, 2.45) is 0 Å². The highest BCUT2D eigenvalue weighted by Crippen LogP contribution is 2.13. The molecule has 0 saturated heterocycles. The topological polar surface area (TPSA) is 26.3 Å². The minimum Gasteiger partial charge on any atom is -0.466 e. The highest BCUT2D eigenvalue weighted by atomic mass is 16.5. The normalized spacial score (nSPS) is 10.8. The molecule has 0 spiro atoms. The van der Waals surface area contributed by atoms with Gasteiger partial charge in [-0.1, -0.05) is 103 Å². The fourth-order valence-electron chi connectivity index (χ4n) is 2.87. The van der Waals surface area contributed by atoms with Crippen molar-refractivity contribution in [3.8, 4) is 0 Å². The Bertz CT molecular complexity index is 226. The van der Waals surface area contributed by atoms with Crippen LogP contribution >= 0.6 is 0 Å². The van der Waals surface area contributed by atoms with Crippen molar-refractivity contribution in [2.45, 2.75) is 117 Å². The second-order valence-electron chi connectivity index (χ2n) is 6.64. The van der Waals surface area contributed by atoms with E-state index in [1.807, 2.05) is 0 Å². The molecular weight excluding hydrogens is 272 g/mol. The number of unbranched alkanes of at least 4 members (excludes halogenated alkanes) is 15. The zero-order valence-electron chi connectivity index (χ0n) is 15.3.